The molecule has 1 saturated carbocycles. The van der Waals surface area contributed by atoms with Crippen molar-refractivity contribution in [2.45, 2.75) is 32.2 Å². The van der Waals surface area contributed by atoms with E-state index >= 15 is 0 Å². The largest absolute Gasteiger partial charge is 0.337 e. The summed E-state index contributed by atoms with van der Waals surface area (Å²) in [4.78, 5) is 18.3. The quantitative estimate of drug-likeness (QED) is 0.216. The van der Waals surface area contributed by atoms with Crippen LogP contribution in [0.1, 0.15) is 31.2 Å². The first kappa shape index (κ1) is 23.2. The first-order valence-electron chi connectivity index (χ1n) is 13.0. The molecule has 9 heteroatoms. The van der Waals surface area contributed by atoms with Gasteiger partial charge in [-0.15, -0.1) is 11.3 Å². The number of aromatic amines is 2. The second kappa shape index (κ2) is 9.74. The van der Waals surface area contributed by atoms with Crippen LogP contribution >= 0.6 is 11.3 Å². The van der Waals surface area contributed by atoms with Crippen LogP contribution in [0.25, 0.3) is 55.2 Å². The van der Waals surface area contributed by atoms with E-state index in [1.54, 1.807) is 12.3 Å². The van der Waals surface area contributed by atoms with Gasteiger partial charge < -0.3 is 10.3 Å². The Hall–Kier alpha value is -3.95. The topological polar surface area (TPSA) is 95.2 Å². The number of nitrogens with zero attached hydrogens (tertiary/aromatic N) is 4. The van der Waals surface area contributed by atoms with E-state index in [1.165, 1.54) is 31.7 Å². The van der Waals surface area contributed by atoms with Gasteiger partial charge in [0.25, 0.3) is 0 Å². The van der Waals surface area contributed by atoms with E-state index in [-0.39, 0.29) is 5.13 Å². The van der Waals surface area contributed by atoms with E-state index in [4.69, 9.17) is 4.98 Å². The first-order chi connectivity index (χ1) is 18.7. The molecule has 7 nitrogen and oxygen atoms in total. The summed E-state index contributed by atoms with van der Waals surface area (Å²) in [6, 6.07) is 13.3. The van der Waals surface area contributed by atoms with Crippen LogP contribution in [0, 0.1) is 11.0 Å². The summed E-state index contributed by atoms with van der Waals surface area (Å²) in [6.45, 7) is 1.86. The third-order valence-corrected chi connectivity index (χ3v) is 8.26. The fourth-order valence-corrected chi connectivity index (χ4v) is 6.17. The number of thiophene rings is 1. The molecule has 0 aliphatic heterocycles. The zero-order valence-corrected chi connectivity index (χ0v) is 21.5. The van der Waals surface area contributed by atoms with E-state index in [2.05, 4.69) is 36.5 Å². The highest BCUT2D eigenvalue weighted by molar-refractivity contribution is 7.14. The fraction of sp³-hybridized carbons (Fsp3) is 0.241. The minimum Gasteiger partial charge on any atom is -0.337 e. The van der Waals surface area contributed by atoms with E-state index in [0.29, 0.717) is 11.5 Å². The monoisotopic (exact) mass is 523 g/mol. The van der Waals surface area contributed by atoms with Gasteiger partial charge >= 0.3 is 0 Å². The highest BCUT2D eigenvalue weighted by Gasteiger charge is 2.17. The summed E-state index contributed by atoms with van der Waals surface area (Å²) < 4.78 is 13.7. The fourth-order valence-electron chi connectivity index (χ4n) is 5.42. The van der Waals surface area contributed by atoms with Gasteiger partial charge in [0.1, 0.15) is 5.69 Å². The molecule has 7 rings (SSSR count). The van der Waals surface area contributed by atoms with Crippen LogP contribution in [0.5, 0.6) is 0 Å². The molecule has 0 atom stereocenters. The van der Waals surface area contributed by atoms with Gasteiger partial charge in [-0.2, -0.15) is 9.49 Å². The van der Waals surface area contributed by atoms with Crippen molar-refractivity contribution in [3.8, 4) is 33.2 Å². The molecule has 0 amide bonds. The Morgan fingerprint density at radius 2 is 1.95 bits per heavy atom. The molecular formula is C29H26FN7S. The molecule has 6 aromatic rings. The Balaban J connectivity index is 1.20. The number of benzene rings is 1. The molecule has 0 saturated heterocycles. The second-order valence-electron chi connectivity index (χ2n) is 9.94. The van der Waals surface area contributed by atoms with Crippen molar-refractivity contribution in [2.75, 3.05) is 6.54 Å². The number of aromatic nitrogens is 6. The van der Waals surface area contributed by atoms with Crippen LogP contribution in [0.15, 0.2) is 61.1 Å². The molecule has 1 aromatic carbocycles. The lowest BCUT2D eigenvalue weighted by molar-refractivity contribution is 0.489. The third-order valence-electron chi connectivity index (χ3n) is 7.35. The predicted molar refractivity (Wildman–Crippen MR) is 149 cm³/mol. The number of hydrogen-bond acceptors (Lipinski definition) is 6. The van der Waals surface area contributed by atoms with Gasteiger partial charge in [-0.25, -0.2) is 4.98 Å². The maximum atomic E-state index is 13.7. The van der Waals surface area contributed by atoms with Crippen LogP contribution in [-0.4, -0.2) is 36.7 Å². The molecule has 1 aliphatic rings. The number of fused-ring (bicyclic) bond motifs is 2. The number of hydrogen-bond donors (Lipinski definition) is 3. The molecule has 0 bridgehead atoms. The summed E-state index contributed by atoms with van der Waals surface area (Å²) in [7, 11) is 0. The van der Waals surface area contributed by atoms with Crippen molar-refractivity contribution in [1.82, 2.24) is 35.5 Å². The van der Waals surface area contributed by atoms with Crippen LogP contribution < -0.4 is 5.32 Å². The van der Waals surface area contributed by atoms with Gasteiger partial charge in [-0.3, -0.25) is 15.1 Å². The SMILES string of the molecule is Fc1ccc(-c2cccc3[nH]c(-c4n[nH]c5cnc(-c6cncc(CNCC7CCCC7)c6)cc45)nc23)s1. The molecule has 0 radical (unpaired) electrons. The average molecular weight is 524 g/mol. The van der Waals surface area contributed by atoms with Crippen molar-refractivity contribution < 1.29 is 4.39 Å². The molecule has 0 spiro atoms. The van der Waals surface area contributed by atoms with Gasteiger partial charge in [0.15, 0.2) is 11.0 Å². The molecule has 190 valence electrons. The minimum atomic E-state index is -0.214. The minimum absolute atomic E-state index is 0.214. The molecule has 5 aromatic heterocycles. The maximum Gasteiger partial charge on any atom is 0.176 e. The maximum absolute atomic E-state index is 13.7. The van der Waals surface area contributed by atoms with Crippen molar-refractivity contribution in [1.29, 1.82) is 0 Å². The van der Waals surface area contributed by atoms with Crippen molar-refractivity contribution in [2.24, 2.45) is 5.92 Å². The Kier molecular flexibility index (Phi) is 5.94. The van der Waals surface area contributed by atoms with E-state index in [0.717, 1.165) is 79.5 Å². The lowest BCUT2D eigenvalue weighted by atomic mass is 10.1. The van der Waals surface area contributed by atoms with Crippen LogP contribution in [0.2, 0.25) is 0 Å². The average Bonchev–Trinajstić information content (AvgIpc) is 3.74. The molecular weight excluding hydrogens is 497 g/mol. The van der Waals surface area contributed by atoms with E-state index in [1.807, 2.05) is 36.7 Å². The Bertz CT molecular complexity index is 1740. The zero-order chi connectivity index (χ0) is 25.5. The molecule has 5 heterocycles. The number of para-hydroxylation sites is 1. The molecule has 1 fully saturated rings. The zero-order valence-electron chi connectivity index (χ0n) is 20.7. The Labute approximate surface area is 222 Å². The van der Waals surface area contributed by atoms with Crippen LogP contribution in [0.4, 0.5) is 4.39 Å². The molecule has 38 heavy (non-hydrogen) atoms. The number of imidazole rings is 1. The van der Waals surface area contributed by atoms with Gasteiger partial charge in [0, 0.05) is 40.3 Å². The predicted octanol–water partition coefficient (Wildman–Crippen LogP) is 6.71. The summed E-state index contributed by atoms with van der Waals surface area (Å²) >= 11 is 1.12. The summed E-state index contributed by atoms with van der Waals surface area (Å²) in [6.07, 6.45) is 11.0. The van der Waals surface area contributed by atoms with Crippen LogP contribution in [0.3, 0.4) is 0 Å². The summed E-state index contributed by atoms with van der Waals surface area (Å²) in [5.41, 5.74) is 7.03. The van der Waals surface area contributed by atoms with Gasteiger partial charge in [0.2, 0.25) is 0 Å². The van der Waals surface area contributed by atoms with Gasteiger partial charge in [-0.1, -0.05) is 25.0 Å². The van der Waals surface area contributed by atoms with Gasteiger partial charge in [0.05, 0.1) is 28.4 Å². The Morgan fingerprint density at radius 1 is 1.03 bits per heavy atom. The number of pyridine rings is 2. The number of nitrogens with one attached hydrogen (secondary N) is 3. The third kappa shape index (κ3) is 4.37. The van der Waals surface area contributed by atoms with Crippen LogP contribution in [-0.2, 0) is 6.54 Å². The standard InChI is InChI=1S/C29H26FN7S/c30-26-9-8-25(38-26)20-6-3-7-22-27(20)35-29(34-22)28-21-11-23(33-16-24(21)36-37-28)19-10-18(14-32-15-19)13-31-12-17-4-1-2-5-17/h3,6-11,14-17,31H,1-2,4-5,12-13H2,(H,34,35)(H,36,37). The number of H-pyrrole nitrogens is 2. The smallest absolute Gasteiger partial charge is 0.176 e. The van der Waals surface area contributed by atoms with E-state index < -0.39 is 0 Å². The number of halogens is 1. The highest BCUT2D eigenvalue weighted by atomic mass is 32.1. The van der Waals surface area contributed by atoms with Crippen molar-refractivity contribution in [3.05, 3.63) is 71.7 Å². The summed E-state index contributed by atoms with van der Waals surface area (Å²) in [5.74, 6) is 1.45. The lowest BCUT2D eigenvalue weighted by Crippen LogP contribution is -2.20. The normalized spacial score (nSPS) is 14.2. The first-order valence-corrected chi connectivity index (χ1v) is 13.8. The molecule has 1 aliphatic carbocycles. The summed E-state index contributed by atoms with van der Waals surface area (Å²) in [5, 5.41) is 11.9. The second-order valence-corrected chi connectivity index (χ2v) is 11.0. The van der Waals surface area contributed by atoms with Crippen molar-refractivity contribution in [3.63, 3.8) is 0 Å². The number of rotatable bonds is 7. The lowest BCUT2D eigenvalue weighted by Gasteiger charge is -2.11. The van der Waals surface area contributed by atoms with Gasteiger partial charge in [-0.05, 0) is 61.2 Å². The Morgan fingerprint density at radius 3 is 2.82 bits per heavy atom. The molecule has 3 N–H and O–H groups in total. The van der Waals surface area contributed by atoms with E-state index in [9.17, 15) is 4.39 Å². The molecule has 0 unspecified atom stereocenters. The van der Waals surface area contributed by atoms with Crippen molar-refractivity contribution >= 4 is 33.3 Å². The highest BCUT2D eigenvalue weighted by Crippen LogP contribution is 2.35.